The number of nitrogens with zero attached hydrogens (tertiary/aromatic N) is 1. The Kier molecular flexibility index (Phi) is 4.03. The molecule has 3 rings (SSSR count). The predicted molar refractivity (Wildman–Crippen MR) is 78.4 cm³/mol. The maximum Gasteiger partial charge on any atom is 0.161 e. The Morgan fingerprint density at radius 3 is 2.67 bits per heavy atom. The molecule has 0 saturated heterocycles. The smallest absolute Gasteiger partial charge is 0.161 e. The van der Waals surface area contributed by atoms with Gasteiger partial charge in [-0.1, -0.05) is 12.1 Å². The molecule has 2 heterocycles. The van der Waals surface area contributed by atoms with Gasteiger partial charge in [0.1, 0.15) is 13.2 Å². The Morgan fingerprint density at radius 2 is 1.95 bits per heavy atom. The summed E-state index contributed by atoms with van der Waals surface area (Å²) in [5.41, 5.74) is 7.52. The fraction of sp³-hybridized carbons (Fsp3) is 0.312. The SMILES string of the molecule is NCC(c1cccnc1)C(O)c1ccc2c(c1)OCCO2. The first-order chi connectivity index (χ1) is 10.3. The van der Waals surface area contributed by atoms with Gasteiger partial charge in [0, 0.05) is 24.9 Å². The normalized spacial score (nSPS) is 16.3. The van der Waals surface area contributed by atoms with E-state index in [-0.39, 0.29) is 5.92 Å². The Morgan fingerprint density at radius 1 is 1.14 bits per heavy atom. The van der Waals surface area contributed by atoms with Crippen LogP contribution in [0.3, 0.4) is 0 Å². The van der Waals surface area contributed by atoms with E-state index in [4.69, 9.17) is 15.2 Å². The minimum atomic E-state index is -0.713. The lowest BCUT2D eigenvalue weighted by molar-refractivity contribution is 0.144. The summed E-state index contributed by atoms with van der Waals surface area (Å²) in [4.78, 5) is 4.09. The molecule has 110 valence electrons. The number of ether oxygens (including phenoxy) is 2. The van der Waals surface area contributed by atoms with Crippen LogP contribution in [0.4, 0.5) is 0 Å². The van der Waals surface area contributed by atoms with Crippen molar-refractivity contribution >= 4 is 0 Å². The van der Waals surface area contributed by atoms with Gasteiger partial charge in [0.15, 0.2) is 11.5 Å². The van der Waals surface area contributed by atoms with Gasteiger partial charge in [-0.2, -0.15) is 0 Å². The van der Waals surface area contributed by atoms with E-state index in [2.05, 4.69) is 4.98 Å². The molecule has 1 aromatic carbocycles. The van der Waals surface area contributed by atoms with Crippen LogP contribution in [0.15, 0.2) is 42.7 Å². The molecular weight excluding hydrogens is 268 g/mol. The average molecular weight is 286 g/mol. The van der Waals surface area contributed by atoms with Crippen molar-refractivity contribution in [3.63, 3.8) is 0 Å². The summed E-state index contributed by atoms with van der Waals surface area (Å²) in [6.07, 6.45) is 2.72. The van der Waals surface area contributed by atoms with E-state index in [9.17, 15) is 5.11 Å². The van der Waals surface area contributed by atoms with Gasteiger partial charge in [0.25, 0.3) is 0 Å². The van der Waals surface area contributed by atoms with Gasteiger partial charge < -0.3 is 20.3 Å². The van der Waals surface area contributed by atoms with Crippen molar-refractivity contribution in [1.82, 2.24) is 4.98 Å². The third-order valence-electron chi connectivity index (χ3n) is 3.66. The molecule has 0 radical (unpaired) electrons. The molecule has 0 aliphatic carbocycles. The molecule has 1 aliphatic heterocycles. The fourth-order valence-corrected chi connectivity index (χ4v) is 2.52. The molecule has 5 heteroatoms. The largest absolute Gasteiger partial charge is 0.486 e. The molecule has 0 amide bonds. The lowest BCUT2D eigenvalue weighted by Gasteiger charge is -2.24. The lowest BCUT2D eigenvalue weighted by atomic mass is 9.90. The Balaban J connectivity index is 1.88. The zero-order valence-corrected chi connectivity index (χ0v) is 11.6. The number of hydrogen-bond acceptors (Lipinski definition) is 5. The van der Waals surface area contributed by atoms with E-state index in [0.29, 0.717) is 31.3 Å². The molecule has 0 bridgehead atoms. The van der Waals surface area contributed by atoms with Crippen LogP contribution in [0.5, 0.6) is 11.5 Å². The number of pyridine rings is 1. The summed E-state index contributed by atoms with van der Waals surface area (Å²) in [5, 5.41) is 10.6. The van der Waals surface area contributed by atoms with Gasteiger partial charge >= 0.3 is 0 Å². The Labute approximate surface area is 123 Å². The van der Waals surface area contributed by atoms with Crippen molar-refractivity contribution < 1.29 is 14.6 Å². The number of aliphatic hydroxyl groups is 1. The van der Waals surface area contributed by atoms with E-state index < -0.39 is 6.10 Å². The molecule has 2 aromatic rings. The van der Waals surface area contributed by atoms with Crippen molar-refractivity contribution in [1.29, 1.82) is 0 Å². The quantitative estimate of drug-likeness (QED) is 0.893. The molecule has 3 N–H and O–H groups in total. The lowest BCUT2D eigenvalue weighted by Crippen LogP contribution is -2.21. The van der Waals surface area contributed by atoms with E-state index >= 15 is 0 Å². The van der Waals surface area contributed by atoms with Crippen LogP contribution in [0.1, 0.15) is 23.1 Å². The second-order valence-electron chi connectivity index (χ2n) is 4.98. The third kappa shape index (κ3) is 2.84. The summed E-state index contributed by atoms with van der Waals surface area (Å²) in [6, 6.07) is 9.25. The number of fused-ring (bicyclic) bond motifs is 1. The van der Waals surface area contributed by atoms with Crippen molar-refractivity contribution in [3.05, 3.63) is 53.9 Å². The first-order valence-corrected chi connectivity index (χ1v) is 6.97. The molecule has 1 aliphatic rings. The van der Waals surface area contributed by atoms with Crippen LogP contribution in [-0.2, 0) is 0 Å². The van der Waals surface area contributed by atoms with Crippen molar-refractivity contribution in [2.75, 3.05) is 19.8 Å². The summed E-state index contributed by atoms with van der Waals surface area (Å²) < 4.78 is 11.0. The van der Waals surface area contributed by atoms with Crippen molar-refractivity contribution in [2.45, 2.75) is 12.0 Å². The zero-order chi connectivity index (χ0) is 14.7. The van der Waals surface area contributed by atoms with E-state index in [1.807, 2.05) is 30.3 Å². The standard InChI is InChI=1S/C16H18N2O3/c17-9-13(12-2-1-5-18-10-12)16(19)11-3-4-14-15(8-11)21-7-6-20-14/h1-5,8,10,13,16,19H,6-7,9,17H2. The number of rotatable bonds is 4. The summed E-state index contributed by atoms with van der Waals surface area (Å²) in [6.45, 7) is 1.41. The highest BCUT2D eigenvalue weighted by Crippen LogP contribution is 2.36. The van der Waals surface area contributed by atoms with E-state index in [1.54, 1.807) is 12.4 Å². The minimum absolute atomic E-state index is 0.207. The molecule has 0 spiro atoms. The topological polar surface area (TPSA) is 77.6 Å². The maximum absolute atomic E-state index is 10.6. The number of benzene rings is 1. The van der Waals surface area contributed by atoms with Crippen LogP contribution in [0.2, 0.25) is 0 Å². The van der Waals surface area contributed by atoms with Gasteiger partial charge in [-0.05, 0) is 29.3 Å². The predicted octanol–water partition coefficient (Wildman–Crippen LogP) is 1.63. The highest BCUT2D eigenvalue weighted by atomic mass is 16.6. The first-order valence-electron chi connectivity index (χ1n) is 6.97. The molecule has 21 heavy (non-hydrogen) atoms. The maximum atomic E-state index is 10.6. The van der Waals surface area contributed by atoms with E-state index in [0.717, 1.165) is 11.1 Å². The summed E-state index contributed by atoms with van der Waals surface area (Å²) in [5.74, 6) is 1.17. The van der Waals surface area contributed by atoms with Crippen LogP contribution >= 0.6 is 0 Å². The minimum Gasteiger partial charge on any atom is -0.486 e. The van der Waals surface area contributed by atoms with Crippen LogP contribution in [0, 0.1) is 0 Å². The molecule has 2 unspecified atom stereocenters. The van der Waals surface area contributed by atoms with E-state index in [1.165, 1.54) is 0 Å². The monoisotopic (exact) mass is 286 g/mol. The van der Waals surface area contributed by atoms with Gasteiger partial charge in [-0.25, -0.2) is 0 Å². The van der Waals surface area contributed by atoms with Gasteiger partial charge in [-0.3, -0.25) is 4.98 Å². The van der Waals surface area contributed by atoms with Crippen molar-refractivity contribution in [3.8, 4) is 11.5 Å². The molecular formula is C16H18N2O3. The molecule has 1 aromatic heterocycles. The summed E-state index contributed by atoms with van der Waals surface area (Å²) >= 11 is 0. The van der Waals surface area contributed by atoms with Crippen molar-refractivity contribution in [2.24, 2.45) is 5.73 Å². The average Bonchev–Trinajstić information content (AvgIpc) is 2.56. The third-order valence-corrected chi connectivity index (χ3v) is 3.66. The second-order valence-corrected chi connectivity index (χ2v) is 4.98. The van der Waals surface area contributed by atoms with Crippen LogP contribution in [-0.4, -0.2) is 29.8 Å². The van der Waals surface area contributed by atoms with Gasteiger partial charge in [-0.15, -0.1) is 0 Å². The number of hydrogen-bond donors (Lipinski definition) is 2. The molecule has 2 atom stereocenters. The highest BCUT2D eigenvalue weighted by molar-refractivity contribution is 5.45. The van der Waals surface area contributed by atoms with Crippen LogP contribution < -0.4 is 15.2 Å². The number of aromatic nitrogens is 1. The first kappa shape index (κ1) is 13.9. The Hall–Kier alpha value is -2.11. The Bertz CT molecular complexity index is 604. The highest BCUT2D eigenvalue weighted by Gasteiger charge is 2.23. The molecule has 0 saturated carbocycles. The molecule has 5 nitrogen and oxygen atoms in total. The summed E-state index contributed by atoms with van der Waals surface area (Å²) in [7, 11) is 0. The zero-order valence-electron chi connectivity index (χ0n) is 11.6. The second kappa shape index (κ2) is 6.11. The molecule has 0 fully saturated rings. The fourth-order valence-electron chi connectivity index (χ4n) is 2.52. The number of nitrogens with two attached hydrogens (primary N) is 1. The van der Waals surface area contributed by atoms with Gasteiger partial charge in [0.05, 0.1) is 6.10 Å². The number of aliphatic hydroxyl groups excluding tert-OH is 1. The van der Waals surface area contributed by atoms with Crippen LogP contribution in [0.25, 0.3) is 0 Å². The van der Waals surface area contributed by atoms with Gasteiger partial charge in [0.2, 0.25) is 0 Å².